The molecule has 1 aromatic heterocycles. The molecule has 29 heavy (non-hydrogen) atoms. The van der Waals surface area contributed by atoms with Crippen LogP contribution in [0.1, 0.15) is 34.6 Å². The lowest BCUT2D eigenvalue weighted by molar-refractivity contribution is 0.0529. The summed E-state index contributed by atoms with van der Waals surface area (Å²) in [5, 5.41) is 7.60. The predicted molar refractivity (Wildman–Crippen MR) is 126 cm³/mol. The SMILES string of the molecule is CCOC(=O)c1c(NC(=S)Nc2ccccc2CC)sc(C)c1-c1ccccc1. The first kappa shape index (κ1) is 21.0. The van der Waals surface area contributed by atoms with E-state index in [4.69, 9.17) is 17.0 Å². The molecule has 6 heteroatoms. The summed E-state index contributed by atoms with van der Waals surface area (Å²) in [5.41, 5.74) is 4.52. The van der Waals surface area contributed by atoms with E-state index in [2.05, 4.69) is 23.6 Å². The van der Waals surface area contributed by atoms with Crippen LogP contribution in [-0.2, 0) is 11.2 Å². The van der Waals surface area contributed by atoms with Crippen molar-refractivity contribution in [3.63, 3.8) is 0 Å². The maximum absolute atomic E-state index is 12.8. The molecule has 0 aliphatic rings. The fourth-order valence-electron chi connectivity index (χ4n) is 3.19. The number of rotatable bonds is 6. The van der Waals surface area contributed by atoms with Gasteiger partial charge in [-0.1, -0.05) is 55.5 Å². The van der Waals surface area contributed by atoms with Crippen molar-refractivity contribution in [1.29, 1.82) is 0 Å². The molecule has 2 aromatic carbocycles. The van der Waals surface area contributed by atoms with Crippen molar-refractivity contribution in [1.82, 2.24) is 0 Å². The van der Waals surface area contributed by atoms with E-state index in [0.29, 0.717) is 22.3 Å². The molecule has 0 saturated carbocycles. The zero-order valence-electron chi connectivity index (χ0n) is 16.7. The Labute approximate surface area is 180 Å². The van der Waals surface area contributed by atoms with Gasteiger partial charge in [-0.15, -0.1) is 11.3 Å². The third kappa shape index (κ3) is 4.83. The van der Waals surface area contributed by atoms with Gasteiger partial charge in [-0.3, -0.25) is 0 Å². The maximum atomic E-state index is 12.8. The van der Waals surface area contributed by atoms with Gasteiger partial charge in [-0.25, -0.2) is 4.79 Å². The summed E-state index contributed by atoms with van der Waals surface area (Å²) >= 11 is 7.04. The number of anilines is 2. The number of hydrogen-bond donors (Lipinski definition) is 2. The van der Waals surface area contributed by atoms with Crippen molar-refractivity contribution in [2.45, 2.75) is 27.2 Å². The van der Waals surface area contributed by atoms with E-state index in [9.17, 15) is 4.79 Å². The lowest BCUT2D eigenvalue weighted by atomic mass is 10.0. The highest BCUT2D eigenvalue weighted by Crippen LogP contribution is 2.40. The zero-order chi connectivity index (χ0) is 20.8. The van der Waals surface area contributed by atoms with E-state index in [1.54, 1.807) is 6.92 Å². The van der Waals surface area contributed by atoms with Gasteiger partial charge in [0, 0.05) is 16.1 Å². The topological polar surface area (TPSA) is 50.4 Å². The minimum atomic E-state index is -0.352. The summed E-state index contributed by atoms with van der Waals surface area (Å²) in [6.45, 7) is 6.22. The van der Waals surface area contributed by atoms with Crippen molar-refractivity contribution < 1.29 is 9.53 Å². The average Bonchev–Trinajstić information content (AvgIpc) is 3.04. The minimum Gasteiger partial charge on any atom is -0.462 e. The average molecular weight is 425 g/mol. The van der Waals surface area contributed by atoms with Crippen LogP contribution in [0.15, 0.2) is 54.6 Å². The summed E-state index contributed by atoms with van der Waals surface area (Å²) in [5.74, 6) is -0.352. The standard InChI is InChI=1S/C23H24N2O2S2/c1-4-16-11-9-10-14-18(16)24-23(28)25-21-20(22(26)27-5-2)19(15(3)29-21)17-12-7-6-8-13-17/h6-14H,4-5H2,1-3H3,(H2,24,25,28). The van der Waals surface area contributed by atoms with Gasteiger partial charge in [0.05, 0.1) is 6.61 Å². The van der Waals surface area contributed by atoms with E-state index in [0.717, 1.165) is 28.1 Å². The molecule has 0 aliphatic heterocycles. The largest absolute Gasteiger partial charge is 0.462 e. The maximum Gasteiger partial charge on any atom is 0.341 e. The van der Waals surface area contributed by atoms with Gasteiger partial charge >= 0.3 is 5.97 Å². The number of carbonyl (C=O) groups is 1. The Hall–Kier alpha value is -2.70. The van der Waals surface area contributed by atoms with E-state index >= 15 is 0 Å². The quantitative estimate of drug-likeness (QED) is 0.361. The van der Waals surface area contributed by atoms with Crippen LogP contribution >= 0.6 is 23.6 Å². The van der Waals surface area contributed by atoms with Crippen molar-refractivity contribution >= 4 is 45.3 Å². The molecule has 150 valence electrons. The summed E-state index contributed by atoms with van der Waals surface area (Å²) in [7, 11) is 0. The van der Waals surface area contributed by atoms with Gasteiger partial charge in [-0.05, 0) is 49.7 Å². The molecule has 4 nitrogen and oxygen atoms in total. The molecule has 0 bridgehead atoms. The molecular formula is C23H24N2O2S2. The first-order valence-electron chi connectivity index (χ1n) is 9.57. The van der Waals surface area contributed by atoms with Gasteiger partial charge in [0.15, 0.2) is 5.11 Å². The highest BCUT2D eigenvalue weighted by atomic mass is 32.1. The molecule has 0 aliphatic carbocycles. The number of thiophene rings is 1. The van der Waals surface area contributed by atoms with Crippen LogP contribution in [0.3, 0.4) is 0 Å². The lowest BCUT2D eigenvalue weighted by Gasteiger charge is -2.14. The van der Waals surface area contributed by atoms with Gasteiger partial charge in [-0.2, -0.15) is 0 Å². The van der Waals surface area contributed by atoms with Crippen LogP contribution < -0.4 is 10.6 Å². The second kappa shape index (κ2) is 9.67. The number of esters is 1. The van der Waals surface area contributed by atoms with Crippen LogP contribution in [0.25, 0.3) is 11.1 Å². The summed E-state index contributed by atoms with van der Waals surface area (Å²) < 4.78 is 5.34. The van der Waals surface area contributed by atoms with Gasteiger partial charge in [0.25, 0.3) is 0 Å². The second-order valence-electron chi connectivity index (χ2n) is 6.41. The van der Waals surface area contributed by atoms with Crippen LogP contribution in [0.4, 0.5) is 10.7 Å². The van der Waals surface area contributed by atoms with Crippen molar-refractivity contribution in [2.75, 3.05) is 17.2 Å². The highest BCUT2D eigenvalue weighted by molar-refractivity contribution is 7.80. The van der Waals surface area contributed by atoms with E-state index in [1.165, 1.54) is 16.9 Å². The van der Waals surface area contributed by atoms with Crippen LogP contribution in [0, 0.1) is 6.92 Å². The Morgan fingerprint density at radius 1 is 1.03 bits per heavy atom. The third-order valence-corrected chi connectivity index (χ3v) is 5.72. The van der Waals surface area contributed by atoms with Gasteiger partial charge in [0.1, 0.15) is 10.6 Å². The molecule has 0 spiro atoms. The number of carbonyl (C=O) groups excluding carboxylic acids is 1. The fourth-order valence-corrected chi connectivity index (χ4v) is 4.54. The molecule has 0 saturated heterocycles. The lowest BCUT2D eigenvalue weighted by Crippen LogP contribution is -2.21. The Morgan fingerprint density at radius 2 is 1.72 bits per heavy atom. The molecule has 0 radical (unpaired) electrons. The van der Waals surface area contributed by atoms with Crippen LogP contribution in [0.5, 0.6) is 0 Å². The summed E-state index contributed by atoms with van der Waals surface area (Å²) in [6.07, 6.45) is 0.899. The molecule has 1 heterocycles. The normalized spacial score (nSPS) is 10.4. The molecule has 0 unspecified atom stereocenters. The van der Waals surface area contributed by atoms with Crippen molar-refractivity contribution in [3.8, 4) is 11.1 Å². The number of thiocarbonyl (C=S) groups is 1. The number of hydrogen-bond acceptors (Lipinski definition) is 4. The smallest absolute Gasteiger partial charge is 0.341 e. The Morgan fingerprint density at radius 3 is 2.41 bits per heavy atom. The predicted octanol–water partition coefficient (Wildman–Crippen LogP) is 6.27. The molecule has 0 fully saturated rings. The monoisotopic (exact) mass is 424 g/mol. The number of para-hydroxylation sites is 1. The van der Waals surface area contributed by atoms with Crippen molar-refractivity contribution in [2.24, 2.45) is 0 Å². The minimum absolute atomic E-state index is 0.313. The van der Waals surface area contributed by atoms with Crippen LogP contribution in [-0.4, -0.2) is 17.7 Å². The fraction of sp³-hybridized carbons (Fsp3) is 0.217. The third-order valence-electron chi connectivity index (χ3n) is 4.50. The number of ether oxygens (including phenoxy) is 1. The molecule has 3 rings (SSSR count). The summed E-state index contributed by atoms with van der Waals surface area (Å²) in [6, 6.07) is 17.9. The Bertz CT molecular complexity index is 1010. The van der Waals surface area contributed by atoms with Gasteiger partial charge in [0.2, 0.25) is 0 Å². The molecule has 0 atom stereocenters. The van der Waals surface area contributed by atoms with Gasteiger partial charge < -0.3 is 15.4 Å². The van der Waals surface area contributed by atoms with E-state index in [-0.39, 0.29) is 5.97 Å². The Balaban J connectivity index is 1.94. The molecule has 2 N–H and O–H groups in total. The first-order chi connectivity index (χ1) is 14.0. The molecule has 3 aromatic rings. The number of nitrogens with one attached hydrogen (secondary N) is 2. The molecule has 0 amide bonds. The van der Waals surface area contributed by atoms with E-state index < -0.39 is 0 Å². The van der Waals surface area contributed by atoms with Crippen LogP contribution in [0.2, 0.25) is 0 Å². The Kier molecular flexibility index (Phi) is 7.01. The number of aryl methyl sites for hydroxylation is 2. The van der Waals surface area contributed by atoms with E-state index in [1.807, 2.05) is 55.5 Å². The first-order valence-corrected chi connectivity index (χ1v) is 10.8. The van der Waals surface area contributed by atoms with Crippen molar-refractivity contribution in [3.05, 3.63) is 70.6 Å². The zero-order valence-corrected chi connectivity index (χ0v) is 18.4. The second-order valence-corrected chi connectivity index (χ2v) is 8.05. The highest BCUT2D eigenvalue weighted by Gasteiger charge is 2.25. The molecular weight excluding hydrogens is 400 g/mol. The summed E-state index contributed by atoms with van der Waals surface area (Å²) in [4.78, 5) is 13.8. The number of benzene rings is 2.